The van der Waals surface area contributed by atoms with E-state index >= 15 is 0 Å². The number of benzene rings is 1. The van der Waals surface area contributed by atoms with Crippen LogP contribution in [0.1, 0.15) is 25.6 Å². The van der Waals surface area contributed by atoms with E-state index in [9.17, 15) is 9.59 Å². The minimum absolute atomic E-state index is 0.0880. The number of rotatable bonds is 7. The van der Waals surface area contributed by atoms with Crippen molar-refractivity contribution >= 4 is 51.5 Å². The first-order chi connectivity index (χ1) is 13.3. The monoisotopic (exact) mass is 435 g/mol. The highest BCUT2D eigenvalue weighted by Crippen LogP contribution is 2.24. The lowest BCUT2D eigenvalue weighted by molar-refractivity contribution is -0.120. The Balaban J connectivity index is 1.87. The Morgan fingerprint density at radius 2 is 2.11 bits per heavy atom. The van der Waals surface area contributed by atoms with Gasteiger partial charge in [0.1, 0.15) is 0 Å². The van der Waals surface area contributed by atoms with E-state index in [2.05, 4.69) is 10.3 Å². The van der Waals surface area contributed by atoms with Gasteiger partial charge < -0.3 is 5.32 Å². The number of hydrogen-bond donors (Lipinski definition) is 1. The van der Waals surface area contributed by atoms with Gasteiger partial charge in [0.15, 0.2) is 5.16 Å². The summed E-state index contributed by atoms with van der Waals surface area (Å²) >= 11 is 8.97. The average Bonchev–Trinajstić information content (AvgIpc) is 3.16. The molecular weight excluding hydrogens is 414 g/mol. The van der Waals surface area contributed by atoms with Crippen LogP contribution in [-0.4, -0.2) is 20.7 Å². The summed E-state index contributed by atoms with van der Waals surface area (Å²) in [6.07, 6.45) is 0. The molecule has 1 atom stereocenters. The zero-order valence-electron chi connectivity index (χ0n) is 15.9. The molecule has 28 heavy (non-hydrogen) atoms. The molecule has 0 aliphatic rings. The third-order valence-electron chi connectivity index (χ3n) is 4.10. The molecule has 3 aromatic rings. The Hall–Kier alpha value is -1.83. The molecule has 0 spiro atoms. The van der Waals surface area contributed by atoms with E-state index in [0.717, 1.165) is 4.88 Å². The molecule has 3 rings (SSSR count). The Kier molecular flexibility index (Phi) is 6.80. The second-order valence-corrected chi connectivity index (χ2v) is 9.70. The normalized spacial score (nSPS) is 12.5. The SMILES string of the molecule is CC(C)Cn1c(SC(C)C(=O)NCc2cccs2)nc2cc(Cl)ccc2c1=O. The summed E-state index contributed by atoms with van der Waals surface area (Å²) in [4.78, 5) is 31.3. The van der Waals surface area contributed by atoms with Gasteiger partial charge in [-0.15, -0.1) is 11.3 Å². The smallest absolute Gasteiger partial charge is 0.262 e. The van der Waals surface area contributed by atoms with E-state index in [0.29, 0.717) is 34.2 Å². The van der Waals surface area contributed by atoms with Gasteiger partial charge in [-0.3, -0.25) is 14.2 Å². The lowest BCUT2D eigenvalue weighted by atomic mass is 10.2. The zero-order valence-corrected chi connectivity index (χ0v) is 18.3. The van der Waals surface area contributed by atoms with Crippen molar-refractivity contribution in [2.24, 2.45) is 5.92 Å². The molecule has 0 radical (unpaired) electrons. The molecular formula is C20H22ClN3O2S2. The molecule has 1 amide bonds. The molecule has 0 aliphatic carbocycles. The summed E-state index contributed by atoms with van der Waals surface area (Å²) in [5, 5.41) is 6.13. The highest BCUT2D eigenvalue weighted by molar-refractivity contribution is 8.00. The number of fused-ring (bicyclic) bond motifs is 1. The van der Waals surface area contributed by atoms with Crippen LogP contribution >= 0.6 is 34.7 Å². The van der Waals surface area contributed by atoms with Gasteiger partial charge in [0, 0.05) is 16.4 Å². The van der Waals surface area contributed by atoms with Crippen molar-refractivity contribution in [3.05, 3.63) is 56.0 Å². The van der Waals surface area contributed by atoms with Crippen molar-refractivity contribution in [2.45, 2.75) is 44.3 Å². The number of thioether (sulfide) groups is 1. The number of carbonyl (C=O) groups excluding carboxylic acids is 1. The average molecular weight is 436 g/mol. The van der Waals surface area contributed by atoms with Gasteiger partial charge in [-0.2, -0.15) is 0 Å². The van der Waals surface area contributed by atoms with E-state index in [1.807, 2.05) is 38.3 Å². The lowest BCUT2D eigenvalue weighted by Gasteiger charge is -2.17. The highest BCUT2D eigenvalue weighted by Gasteiger charge is 2.20. The van der Waals surface area contributed by atoms with Crippen molar-refractivity contribution in [3.63, 3.8) is 0 Å². The van der Waals surface area contributed by atoms with Crippen molar-refractivity contribution in [3.8, 4) is 0 Å². The quantitative estimate of drug-likeness (QED) is 0.436. The first-order valence-electron chi connectivity index (χ1n) is 9.02. The summed E-state index contributed by atoms with van der Waals surface area (Å²) in [5.74, 6) is 0.182. The number of amides is 1. The van der Waals surface area contributed by atoms with E-state index in [-0.39, 0.29) is 22.6 Å². The third-order valence-corrected chi connectivity index (χ3v) is 6.30. The first-order valence-corrected chi connectivity index (χ1v) is 11.2. The molecule has 0 saturated heterocycles. The molecule has 0 fully saturated rings. The third kappa shape index (κ3) is 4.96. The van der Waals surface area contributed by atoms with E-state index in [1.165, 1.54) is 11.8 Å². The van der Waals surface area contributed by atoms with Crippen molar-refractivity contribution in [2.75, 3.05) is 0 Å². The topological polar surface area (TPSA) is 64.0 Å². The van der Waals surface area contributed by atoms with Crippen LogP contribution < -0.4 is 10.9 Å². The Labute approximate surface area is 177 Å². The van der Waals surface area contributed by atoms with Crippen LogP contribution in [0.25, 0.3) is 10.9 Å². The summed E-state index contributed by atoms with van der Waals surface area (Å²) in [5.41, 5.74) is 0.440. The Morgan fingerprint density at radius 1 is 1.32 bits per heavy atom. The fraction of sp³-hybridized carbons (Fsp3) is 0.350. The highest BCUT2D eigenvalue weighted by atomic mass is 35.5. The van der Waals surface area contributed by atoms with Crippen molar-refractivity contribution in [1.82, 2.24) is 14.9 Å². The molecule has 1 aromatic carbocycles. The molecule has 2 aromatic heterocycles. The van der Waals surface area contributed by atoms with Crippen molar-refractivity contribution < 1.29 is 4.79 Å². The molecule has 2 heterocycles. The zero-order chi connectivity index (χ0) is 20.3. The Morgan fingerprint density at radius 3 is 2.79 bits per heavy atom. The molecule has 148 valence electrons. The van der Waals surface area contributed by atoms with Crippen LogP contribution in [0, 0.1) is 5.92 Å². The van der Waals surface area contributed by atoms with Crippen LogP contribution in [0.4, 0.5) is 0 Å². The van der Waals surface area contributed by atoms with E-state index < -0.39 is 0 Å². The summed E-state index contributed by atoms with van der Waals surface area (Å²) < 4.78 is 1.66. The molecule has 0 saturated carbocycles. The second-order valence-electron chi connectivity index (χ2n) is 6.92. The van der Waals surface area contributed by atoms with Crippen LogP contribution in [0.15, 0.2) is 45.7 Å². The largest absolute Gasteiger partial charge is 0.350 e. The van der Waals surface area contributed by atoms with Gasteiger partial charge in [-0.05, 0) is 42.5 Å². The molecule has 0 aliphatic heterocycles. The maximum atomic E-state index is 13.0. The fourth-order valence-electron chi connectivity index (χ4n) is 2.73. The summed E-state index contributed by atoms with van der Waals surface area (Å²) in [7, 11) is 0. The van der Waals surface area contributed by atoms with Gasteiger partial charge in [0.25, 0.3) is 5.56 Å². The number of thiophene rings is 1. The predicted octanol–water partition coefficient (Wildman–Crippen LogP) is 4.56. The number of halogens is 1. The minimum atomic E-state index is -0.387. The molecule has 1 unspecified atom stereocenters. The minimum Gasteiger partial charge on any atom is -0.350 e. The first kappa shape index (κ1) is 20.9. The second kappa shape index (κ2) is 9.11. The van der Waals surface area contributed by atoms with Gasteiger partial charge in [-0.25, -0.2) is 4.98 Å². The number of nitrogens with zero attached hydrogens (tertiary/aromatic N) is 2. The lowest BCUT2D eigenvalue weighted by Crippen LogP contribution is -2.32. The number of nitrogens with one attached hydrogen (secondary N) is 1. The summed E-state index contributed by atoms with van der Waals surface area (Å²) in [6, 6.07) is 9.02. The van der Waals surface area contributed by atoms with Crippen LogP contribution in [0.2, 0.25) is 5.02 Å². The number of hydrogen-bond acceptors (Lipinski definition) is 5. The summed E-state index contributed by atoms with van der Waals surface area (Å²) in [6.45, 7) is 6.95. The molecule has 1 N–H and O–H groups in total. The van der Waals surface area contributed by atoms with Crippen molar-refractivity contribution in [1.29, 1.82) is 0 Å². The van der Waals surface area contributed by atoms with Gasteiger partial charge in [-0.1, -0.05) is 43.3 Å². The van der Waals surface area contributed by atoms with Crippen LogP contribution in [0.5, 0.6) is 0 Å². The fourth-order valence-corrected chi connectivity index (χ4v) is 4.49. The van der Waals surface area contributed by atoms with Gasteiger partial charge >= 0.3 is 0 Å². The molecule has 0 bridgehead atoms. The van der Waals surface area contributed by atoms with Gasteiger partial charge in [0.2, 0.25) is 5.91 Å². The Bertz CT molecular complexity index is 1030. The van der Waals surface area contributed by atoms with Crippen LogP contribution in [-0.2, 0) is 17.9 Å². The molecule has 8 heteroatoms. The predicted molar refractivity (Wildman–Crippen MR) is 117 cm³/mol. The number of aromatic nitrogens is 2. The maximum Gasteiger partial charge on any atom is 0.262 e. The van der Waals surface area contributed by atoms with E-state index in [4.69, 9.17) is 11.6 Å². The van der Waals surface area contributed by atoms with Crippen LogP contribution in [0.3, 0.4) is 0 Å². The maximum absolute atomic E-state index is 13.0. The number of carbonyl (C=O) groups is 1. The molecule has 5 nitrogen and oxygen atoms in total. The van der Waals surface area contributed by atoms with Gasteiger partial charge in [0.05, 0.1) is 22.7 Å². The standard InChI is InChI=1S/C20H22ClN3O2S2/c1-12(2)11-24-19(26)16-7-6-14(21)9-17(16)23-20(24)28-13(3)18(25)22-10-15-5-4-8-27-15/h4-9,12-13H,10-11H2,1-3H3,(H,22,25). The van der Waals surface area contributed by atoms with E-state index in [1.54, 1.807) is 34.1 Å².